The molecule has 1 aliphatic heterocycles. The summed E-state index contributed by atoms with van der Waals surface area (Å²) in [6.45, 7) is 7.26. The lowest BCUT2D eigenvalue weighted by Crippen LogP contribution is -2.30. The van der Waals surface area contributed by atoms with E-state index < -0.39 is 5.97 Å². The van der Waals surface area contributed by atoms with Gasteiger partial charge < -0.3 is 15.3 Å². The third kappa shape index (κ3) is 5.30. The normalized spacial score (nSPS) is 16.9. The molecule has 0 saturated heterocycles. The lowest BCUT2D eigenvalue weighted by molar-refractivity contribution is 0.0696. The Morgan fingerprint density at radius 3 is 2.23 bits per heavy atom. The van der Waals surface area contributed by atoms with Gasteiger partial charge in [-0.2, -0.15) is 0 Å². The van der Waals surface area contributed by atoms with E-state index in [0.29, 0.717) is 12.1 Å². The van der Waals surface area contributed by atoms with Crippen LogP contribution in [0.5, 0.6) is 0 Å². The molecule has 1 aliphatic rings. The standard InChI is InChI=1S/C34H34N2O3/c1-4-31(25-10-6-5-7-11-25)35-33(37)27-18-19-32-30(20-27)22(2)23(3)36(32)21-28-12-8-9-13-29(28)24-14-16-26(17-15-24)34(38)39/h5-20,22-23,31H,4,21H2,1-3H3,(H,35,37)(H,38,39). The van der Waals surface area contributed by atoms with Crippen molar-refractivity contribution >= 4 is 17.6 Å². The molecule has 0 fully saturated rings. The third-order valence-electron chi connectivity index (χ3n) is 8.02. The van der Waals surface area contributed by atoms with Gasteiger partial charge in [0.05, 0.1) is 11.6 Å². The Hall–Kier alpha value is -4.38. The van der Waals surface area contributed by atoms with Crippen LogP contribution in [0.4, 0.5) is 5.69 Å². The van der Waals surface area contributed by atoms with Crippen LogP contribution in [0.3, 0.4) is 0 Å². The highest BCUT2D eigenvalue weighted by atomic mass is 16.4. The van der Waals surface area contributed by atoms with E-state index in [-0.39, 0.29) is 29.5 Å². The quantitative estimate of drug-likeness (QED) is 0.254. The molecule has 0 radical (unpaired) electrons. The maximum atomic E-state index is 13.3. The van der Waals surface area contributed by atoms with Gasteiger partial charge in [-0.3, -0.25) is 4.79 Å². The topological polar surface area (TPSA) is 69.6 Å². The number of carboxylic acids is 1. The molecule has 4 aromatic rings. The number of rotatable bonds is 8. The molecule has 0 spiro atoms. The van der Waals surface area contributed by atoms with Crippen LogP contribution in [-0.4, -0.2) is 23.0 Å². The predicted octanol–water partition coefficient (Wildman–Crippen LogP) is 7.45. The van der Waals surface area contributed by atoms with Gasteiger partial charge in [0, 0.05) is 29.8 Å². The summed E-state index contributed by atoms with van der Waals surface area (Å²) in [4.78, 5) is 27.0. The highest BCUT2D eigenvalue weighted by Crippen LogP contribution is 2.42. The van der Waals surface area contributed by atoms with E-state index in [1.165, 1.54) is 11.1 Å². The van der Waals surface area contributed by atoms with Crippen LogP contribution in [0.2, 0.25) is 0 Å². The summed E-state index contributed by atoms with van der Waals surface area (Å²) >= 11 is 0. The molecule has 5 rings (SSSR count). The number of carbonyl (C=O) groups is 2. The number of benzene rings is 4. The summed E-state index contributed by atoms with van der Waals surface area (Å²) in [5.41, 5.74) is 7.66. The van der Waals surface area contributed by atoms with Crippen molar-refractivity contribution in [2.24, 2.45) is 0 Å². The van der Waals surface area contributed by atoms with Gasteiger partial charge in [-0.15, -0.1) is 0 Å². The molecular formula is C34H34N2O3. The minimum Gasteiger partial charge on any atom is -0.478 e. The average molecular weight is 519 g/mol. The van der Waals surface area contributed by atoms with Crippen molar-refractivity contribution in [2.45, 2.75) is 51.7 Å². The molecule has 2 N–H and O–H groups in total. The number of nitrogens with one attached hydrogen (secondary N) is 1. The van der Waals surface area contributed by atoms with Crippen molar-refractivity contribution in [3.63, 3.8) is 0 Å². The average Bonchev–Trinajstić information content (AvgIpc) is 3.20. The lowest BCUT2D eigenvalue weighted by Gasteiger charge is -2.27. The van der Waals surface area contributed by atoms with Crippen LogP contribution in [-0.2, 0) is 6.54 Å². The zero-order valence-corrected chi connectivity index (χ0v) is 22.6. The van der Waals surface area contributed by atoms with Gasteiger partial charge in [-0.1, -0.05) is 80.6 Å². The van der Waals surface area contributed by atoms with Gasteiger partial charge in [0.2, 0.25) is 0 Å². The summed E-state index contributed by atoms with van der Waals surface area (Å²) < 4.78 is 0. The molecule has 1 amide bonds. The van der Waals surface area contributed by atoms with Gasteiger partial charge in [0.15, 0.2) is 0 Å². The molecule has 3 unspecified atom stereocenters. The molecular weight excluding hydrogens is 484 g/mol. The Morgan fingerprint density at radius 2 is 1.54 bits per heavy atom. The number of anilines is 1. The third-order valence-corrected chi connectivity index (χ3v) is 8.02. The van der Waals surface area contributed by atoms with E-state index in [9.17, 15) is 14.7 Å². The summed E-state index contributed by atoms with van der Waals surface area (Å²) in [5.74, 6) is -0.711. The van der Waals surface area contributed by atoms with Gasteiger partial charge >= 0.3 is 5.97 Å². The fraction of sp³-hybridized carbons (Fsp3) is 0.235. The molecule has 39 heavy (non-hydrogen) atoms. The number of fused-ring (bicyclic) bond motifs is 1. The fourth-order valence-electron chi connectivity index (χ4n) is 5.56. The van der Waals surface area contributed by atoms with Crippen molar-refractivity contribution in [2.75, 3.05) is 4.90 Å². The molecule has 5 heteroatoms. The number of aromatic carboxylic acids is 1. The zero-order chi connectivity index (χ0) is 27.5. The first-order valence-electron chi connectivity index (χ1n) is 13.6. The second-order valence-corrected chi connectivity index (χ2v) is 10.3. The van der Waals surface area contributed by atoms with Crippen molar-refractivity contribution < 1.29 is 14.7 Å². The van der Waals surface area contributed by atoms with Crippen LogP contribution in [0.25, 0.3) is 11.1 Å². The van der Waals surface area contributed by atoms with Crippen LogP contribution in [0.15, 0.2) is 97.1 Å². The highest BCUT2D eigenvalue weighted by molar-refractivity contribution is 5.95. The van der Waals surface area contributed by atoms with Gasteiger partial charge in [0.25, 0.3) is 5.91 Å². The Morgan fingerprint density at radius 1 is 0.872 bits per heavy atom. The zero-order valence-electron chi connectivity index (χ0n) is 22.6. The fourth-order valence-corrected chi connectivity index (χ4v) is 5.56. The molecule has 1 heterocycles. The van der Waals surface area contributed by atoms with E-state index in [0.717, 1.165) is 28.8 Å². The maximum absolute atomic E-state index is 13.3. The van der Waals surface area contributed by atoms with Crippen molar-refractivity contribution in [1.29, 1.82) is 0 Å². The van der Waals surface area contributed by atoms with E-state index in [4.69, 9.17) is 0 Å². The van der Waals surface area contributed by atoms with Crippen molar-refractivity contribution in [1.82, 2.24) is 5.32 Å². The van der Waals surface area contributed by atoms with Crippen molar-refractivity contribution in [3.05, 3.63) is 125 Å². The monoisotopic (exact) mass is 518 g/mol. The lowest BCUT2D eigenvalue weighted by atomic mass is 9.96. The number of carboxylic acid groups (broad SMARTS) is 1. The molecule has 0 aliphatic carbocycles. The van der Waals surface area contributed by atoms with Gasteiger partial charge in [0.1, 0.15) is 0 Å². The summed E-state index contributed by atoms with van der Waals surface area (Å²) in [6.07, 6.45) is 0.820. The van der Waals surface area contributed by atoms with Gasteiger partial charge in [-0.05, 0) is 71.5 Å². The van der Waals surface area contributed by atoms with Crippen LogP contribution >= 0.6 is 0 Å². The summed E-state index contributed by atoms with van der Waals surface area (Å²) in [5, 5.41) is 12.5. The number of carbonyl (C=O) groups excluding carboxylic acids is 1. The number of amides is 1. The van der Waals surface area contributed by atoms with Crippen LogP contribution < -0.4 is 10.2 Å². The maximum Gasteiger partial charge on any atom is 0.335 e. The molecule has 198 valence electrons. The van der Waals surface area contributed by atoms with Crippen LogP contribution in [0.1, 0.15) is 76.6 Å². The van der Waals surface area contributed by atoms with Crippen LogP contribution in [0, 0.1) is 0 Å². The highest BCUT2D eigenvalue weighted by Gasteiger charge is 2.33. The minimum absolute atomic E-state index is 0.0270. The Labute approximate surface area is 230 Å². The van der Waals surface area contributed by atoms with E-state index >= 15 is 0 Å². The minimum atomic E-state index is -0.926. The largest absolute Gasteiger partial charge is 0.478 e. The second kappa shape index (κ2) is 11.2. The first kappa shape index (κ1) is 26.2. The van der Waals surface area contributed by atoms with Crippen molar-refractivity contribution in [3.8, 4) is 11.1 Å². The molecule has 0 aromatic heterocycles. The molecule has 0 saturated carbocycles. The molecule has 3 atom stereocenters. The predicted molar refractivity (Wildman–Crippen MR) is 156 cm³/mol. The Bertz CT molecular complexity index is 1480. The SMILES string of the molecule is CCC(NC(=O)c1ccc2c(c1)C(C)C(C)N2Cc1ccccc1-c1ccc(C(=O)O)cc1)c1ccccc1. The first-order chi connectivity index (χ1) is 18.9. The summed E-state index contributed by atoms with van der Waals surface area (Å²) in [7, 11) is 0. The smallest absolute Gasteiger partial charge is 0.335 e. The first-order valence-corrected chi connectivity index (χ1v) is 13.6. The van der Waals surface area contributed by atoms with E-state index in [1.807, 2.05) is 48.5 Å². The number of nitrogens with zero attached hydrogens (tertiary/aromatic N) is 1. The molecule has 0 bridgehead atoms. The molecule has 4 aromatic carbocycles. The number of hydrogen-bond donors (Lipinski definition) is 2. The van der Waals surface area contributed by atoms with Gasteiger partial charge in [-0.25, -0.2) is 4.79 Å². The molecule has 5 nitrogen and oxygen atoms in total. The van der Waals surface area contributed by atoms with E-state index in [2.05, 4.69) is 67.4 Å². The van der Waals surface area contributed by atoms with E-state index in [1.54, 1.807) is 12.1 Å². The summed E-state index contributed by atoms with van der Waals surface area (Å²) in [6, 6.07) is 31.7. The Kier molecular flexibility index (Phi) is 7.51. The Balaban J connectivity index is 1.39. The second-order valence-electron chi connectivity index (χ2n) is 10.3. The number of hydrogen-bond acceptors (Lipinski definition) is 3.